The van der Waals surface area contributed by atoms with Crippen molar-refractivity contribution in [1.82, 2.24) is 0 Å². The molecule has 0 radical (unpaired) electrons. The van der Waals surface area contributed by atoms with Gasteiger partial charge in [0.2, 0.25) is 0 Å². The van der Waals surface area contributed by atoms with Crippen LogP contribution in [0.1, 0.15) is 20.8 Å². The van der Waals surface area contributed by atoms with Crippen molar-refractivity contribution in [3.63, 3.8) is 0 Å². The molecular formula is C6H15PZr. The molecule has 0 aliphatic heterocycles. The van der Waals surface area contributed by atoms with Crippen LogP contribution in [0.5, 0.6) is 0 Å². The summed E-state index contributed by atoms with van der Waals surface area (Å²) >= 11 is 0. The van der Waals surface area contributed by atoms with Gasteiger partial charge >= 0.3 is 0 Å². The van der Waals surface area contributed by atoms with Crippen LogP contribution in [0.3, 0.4) is 0 Å². The summed E-state index contributed by atoms with van der Waals surface area (Å²) in [5.74, 6) is 0. The summed E-state index contributed by atoms with van der Waals surface area (Å²) in [6.45, 7) is 6.87. The fourth-order valence-electron chi connectivity index (χ4n) is 0.671. The van der Waals surface area contributed by atoms with Crippen LogP contribution in [0.15, 0.2) is 0 Å². The van der Waals surface area contributed by atoms with Crippen molar-refractivity contribution >= 4 is 7.92 Å². The van der Waals surface area contributed by atoms with Gasteiger partial charge in [-0.05, 0) is 18.5 Å². The molecule has 0 nitrogen and oxygen atoms in total. The van der Waals surface area contributed by atoms with Gasteiger partial charge in [0.05, 0.1) is 0 Å². The fourth-order valence-corrected chi connectivity index (χ4v) is 2.01. The van der Waals surface area contributed by atoms with Crippen molar-refractivity contribution in [1.29, 1.82) is 0 Å². The number of rotatable bonds is 3. The Morgan fingerprint density at radius 1 is 0.875 bits per heavy atom. The molecule has 0 aromatic rings. The zero-order valence-corrected chi connectivity index (χ0v) is 9.42. The second-order valence-electron chi connectivity index (χ2n) is 1.62. The molecule has 0 aromatic heterocycles. The summed E-state index contributed by atoms with van der Waals surface area (Å²) < 4.78 is 0. The molecule has 48 valence electrons. The maximum Gasteiger partial charge on any atom is 0 e. The van der Waals surface area contributed by atoms with E-state index in [1.54, 1.807) is 0 Å². The third-order valence-electron chi connectivity index (χ3n) is 1.34. The van der Waals surface area contributed by atoms with E-state index in [9.17, 15) is 0 Å². The first-order valence-corrected chi connectivity index (χ1v) is 4.97. The van der Waals surface area contributed by atoms with Gasteiger partial charge in [-0.3, -0.25) is 0 Å². The van der Waals surface area contributed by atoms with Gasteiger partial charge in [0.25, 0.3) is 0 Å². The molecular weight excluding hydrogens is 194 g/mol. The average Bonchev–Trinajstić information content (AvgIpc) is 1.72. The third-order valence-corrected chi connectivity index (χ3v) is 4.02. The van der Waals surface area contributed by atoms with E-state index in [1.165, 1.54) is 18.5 Å². The maximum absolute atomic E-state index is 2.29. The summed E-state index contributed by atoms with van der Waals surface area (Å²) in [5, 5.41) is 0. The Hall–Kier alpha value is 1.31. The van der Waals surface area contributed by atoms with Crippen molar-refractivity contribution < 1.29 is 26.2 Å². The summed E-state index contributed by atoms with van der Waals surface area (Å²) in [4.78, 5) is 0. The molecule has 0 heterocycles. The summed E-state index contributed by atoms with van der Waals surface area (Å²) in [5.41, 5.74) is 0. The van der Waals surface area contributed by atoms with Crippen LogP contribution in [-0.4, -0.2) is 18.5 Å². The molecule has 0 aromatic carbocycles. The van der Waals surface area contributed by atoms with Gasteiger partial charge in [0.1, 0.15) is 0 Å². The van der Waals surface area contributed by atoms with E-state index in [0.29, 0.717) is 7.92 Å². The molecule has 0 fully saturated rings. The largest absolute Gasteiger partial charge is 0.108 e. The van der Waals surface area contributed by atoms with Crippen LogP contribution in [-0.2, 0) is 26.2 Å². The SMILES string of the molecule is CCP(CC)CC.[Zr]. The Bertz CT molecular complexity index is 30.0. The molecule has 0 unspecified atom stereocenters. The van der Waals surface area contributed by atoms with E-state index in [-0.39, 0.29) is 26.2 Å². The van der Waals surface area contributed by atoms with Gasteiger partial charge in [-0.15, -0.1) is 7.92 Å². The third kappa shape index (κ3) is 5.45. The van der Waals surface area contributed by atoms with Crippen molar-refractivity contribution in [3.8, 4) is 0 Å². The van der Waals surface area contributed by atoms with Crippen LogP contribution >= 0.6 is 7.92 Å². The van der Waals surface area contributed by atoms with Gasteiger partial charge in [0.15, 0.2) is 0 Å². The first kappa shape index (κ1) is 12.0. The minimum absolute atomic E-state index is 0. The molecule has 0 amide bonds. The van der Waals surface area contributed by atoms with Gasteiger partial charge < -0.3 is 0 Å². The van der Waals surface area contributed by atoms with E-state index in [0.717, 1.165) is 0 Å². The van der Waals surface area contributed by atoms with E-state index in [4.69, 9.17) is 0 Å². The Morgan fingerprint density at radius 3 is 1.12 bits per heavy atom. The second-order valence-corrected chi connectivity index (χ2v) is 4.86. The minimum atomic E-state index is 0. The van der Waals surface area contributed by atoms with E-state index >= 15 is 0 Å². The van der Waals surface area contributed by atoms with Crippen LogP contribution in [0.25, 0.3) is 0 Å². The second kappa shape index (κ2) is 8.31. The van der Waals surface area contributed by atoms with Crippen molar-refractivity contribution in [2.75, 3.05) is 18.5 Å². The normalized spacial score (nSPS) is 9.00. The van der Waals surface area contributed by atoms with Gasteiger partial charge in [-0.2, -0.15) is 0 Å². The van der Waals surface area contributed by atoms with E-state index < -0.39 is 0 Å². The minimum Gasteiger partial charge on any atom is -0.108 e. The predicted octanol–water partition coefficient (Wildman–Crippen LogP) is 2.53. The Labute approximate surface area is 73.3 Å². The molecule has 0 bridgehead atoms. The Morgan fingerprint density at radius 2 is 1.12 bits per heavy atom. The molecule has 0 saturated heterocycles. The van der Waals surface area contributed by atoms with Crippen LogP contribution in [0.4, 0.5) is 0 Å². The fraction of sp³-hybridized carbons (Fsp3) is 1.00. The van der Waals surface area contributed by atoms with Crippen LogP contribution in [0, 0.1) is 0 Å². The molecule has 0 N–H and O–H groups in total. The zero-order chi connectivity index (χ0) is 5.70. The molecule has 0 rings (SSSR count). The topological polar surface area (TPSA) is 0 Å². The Kier molecular flexibility index (Phi) is 12.5. The van der Waals surface area contributed by atoms with Crippen molar-refractivity contribution in [2.45, 2.75) is 20.8 Å². The monoisotopic (exact) mass is 208 g/mol. The summed E-state index contributed by atoms with van der Waals surface area (Å²) in [7, 11) is 0.446. The zero-order valence-electron chi connectivity index (χ0n) is 6.07. The summed E-state index contributed by atoms with van der Waals surface area (Å²) in [6.07, 6.45) is 4.26. The van der Waals surface area contributed by atoms with E-state index in [2.05, 4.69) is 20.8 Å². The molecule has 0 aliphatic carbocycles. The van der Waals surface area contributed by atoms with Crippen LogP contribution < -0.4 is 0 Å². The van der Waals surface area contributed by atoms with Crippen molar-refractivity contribution in [3.05, 3.63) is 0 Å². The van der Waals surface area contributed by atoms with Gasteiger partial charge in [-0.25, -0.2) is 0 Å². The van der Waals surface area contributed by atoms with Crippen molar-refractivity contribution in [2.24, 2.45) is 0 Å². The average molecular weight is 209 g/mol. The van der Waals surface area contributed by atoms with Crippen LogP contribution in [0.2, 0.25) is 0 Å². The summed E-state index contributed by atoms with van der Waals surface area (Å²) in [6, 6.07) is 0. The smallest absolute Gasteiger partial charge is 0 e. The molecule has 0 saturated carbocycles. The first-order chi connectivity index (χ1) is 3.35. The molecule has 2 heteroatoms. The van der Waals surface area contributed by atoms with E-state index in [1.807, 2.05) is 0 Å². The Balaban J connectivity index is 0. The quantitative estimate of drug-likeness (QED) is 0.627. The first-order valence-electron chi connectivity index (χ1n) is 3.07. The van der Waals surface area contributed by atoms with Gasteiger partial charge in [-0.1, -0.05) is 20.8 Å². The molecule has 8 heavy (non-hydrogen) atoms. The maximum atomic E-state index is 2.29. The molecule has 0 aliphatic rings. The predicted molar refractivity (Wildman–Crippen MR) is 38.5 cm³/mol. The number of hydrogen-bond acceptors (Lipinski definition) is 0. The van der Waals surface area contributed by atoms with Gasteiger partial charge in [0, 0.05) is 26.2 Å². The molecule has 0 atom stereocenters. The number of hydrogen-bond donors (Lipinski definition) is 0. The standard InChI is InChI=1S/C6H15P.Zr/c1-4-7(5-2)6-3;/h4-6H2,1-3H3;. The molecule has 0 spiro atoms.